The molecule has 0 N–H and O–H groups in total. The van der Waals surface area contributed by atoms with Crippen LogP contribution >= 0.6 is 11.3 Å². The third-order valence-electron chi connectivity index (χ3n) is 10.7. The van der Waals surface area contributed by atoms with Gasteiger partial charge in [-0.05, 0) is 74.1 Å². The second-order valence-corrected chi connectivity index (χ2v) is 14.4. The van der Waals surface area contributed by atoms with Crippen LogP contribution in [0.2, 0.25) is 0 Å². The van der Waals surface area contributed by atoms with E-state index in [1.165, 1.54) is 63.3 Å². The summed E-state index contributed by atoms with van der Waals surface area (Å²) in [6.45, 7) is 0. The van der Waals surface area contributed by atoms with Crippen molar-refractivity contribution in [1.82, 2.24) is 14.5 Å². The first kappa shape index (κ1) is 26.6. The highest BCUT2D eigenvalue weighted by Crippen LogP contribution is 2.49. The third-order valence-corrected chi connectivity index (χ3v) is 11.8. The second kappa shape index (κ2) is 9.63. The van der Waals surface area contributed by atoms with Crippen LogP contribution in [0.1, 0.15) is 0 Å². The summed E-state index contributed by atoms with van der Waals surface area (Å²) >= 11 is 1.88. The monoisotopic (exact) mass is 651 g/mol. The maximum atomic E-state index is 5.57. The first-order valence-electron chi connectivity index (χ1n) is 17.0. The Hall–Kier alpha value is -6.36. The molecule has 3 heterocycles. The molecule has 0 atom stereocenters. The minimum absolute atomic E-state index is 0.840. The normalized spacial score (nSPS) is 12.4. The molecular formula is C46H25N3S. The van der Waals surface area contributed by atoms with E-state index in [1.54, 1.807) is 0 Å². The summed E-state index contributed by atoms with van der Waals surface area (Å²) in [5.41, 5.74) is 5.99. The lowest BCUT2D eigenvalue weighted by molar-refractivity contribution is 1.08. The summed E-state index contributed by atoms with van der Waals surface area (Å²) in [5, 5.41) is 14.9. The van der Waals surface area contributed by atoms with Crippen molar-refractivity contribution >= 4 is 107 Å². The number of fused-ring (bicyclic) bond motifs is 7. The van der Waals surface area contributed by atoms with Gasteiger partial charge in [-0.25, -0.2) is 9.97 Å². The quantitative estimate of drug-likeness (QED) is 0.174. The van der Waals surface area contributed by atoms with Crippen LogP contribution in [-0.2, 0) is 0 Å². The van der Waals surface area contributed by atoms with E-state index in [9.17, 15) is 0 Å². The molecule has 0 fully saturated rings. The molecule has 230 valence electrons. The van der Waals surface area contributed by atoms with Gasteiger partial charge < -0.3 is 0 Å². The van der Waals surface area contributed by atoms with Crippen LogP contribution in [0.3, 0.4) is 0 Å². The van der Waals surface area contributed by atoms with Gasteiger partial charge in [-0.2, -0.15) is 0 Å². The van der Waals surface area contributed by atoms with Gasteiger partial charge in [0.25, 0.3) is 0 Å². The van der Waals surface area contributed by atoms with Crippen molar-refractivity contribution in [2.75, 3.05) is 0 Å². The highest BCUT2D eigenvalue weighted by molar-refractivity contribution is 7.26. The molecule has 0 aliphatic rings. The molecule has 12 rings (SSSR count). The summed E-state index contributed by atoms with van der Waals surface area (Å²) in [7, 11) is 0. The molecule has 0 aliphatic carbocycles. The molecule has 0 amide bonds. The predicted octanol–water partition coefficient (Wildman–Crippen LogP) is 12.8. The smallest absolute Gasteiger partial charge is 0.165 e. The van der Waals surface area contributed by atoms with E-state index in [-0.39, 0.29) is 0 Å². The highest BCUT2D eigenvalue weighted by Gasteiger charge is 2.25. The van der Waals surface area contributed by atoms with Gasteiger partial charge >= 0.3 is 0 Å². The van der Waals surface area contributed by atoms with E-state index in [0.29, 0.717) is 0 Å². The Balaban J connectivity index is 1.32. The Morgan fingerprint density at radius 2 is 1.08 bits per heavy atom. The molecule has 9 aromatic carbocycles. The van der Waals surface area contributed by atoms with Crippen LogP contribution in [0.5, 0.6) is 0 Å². The Morgan fingerprint density at radius 1 is 0.420 bits per heavy atom. The molecule has 3 aromatic heterocycles. The van der Waals surface area contributed by atoms with Gasteiger partial charge in [-0.1, -0.05) is 115 Å². The fourth-order valence-corrected chi connectivity index (χ4v) is 9.69. The van der Waals surface area contributed by atoms with Gasteiger partial charge in [-0.3, -0.25) is 4.57 Å². The molecule has 0 radical (unpaired) electrons. The Morgan fingerprint density at radius 3 is 1.94 bits per heavy atom. The van der Waals surface area contributed by atoms with Gasteiger partial charge in [0.1, 0.15) is 5.69 Å². The zero-order valence-electron chi connectivity index (χ0n) is 26.7. The Kier molecular flexibility index (Phi) is 5.12. The van der Waals surface area contributed by atoms with E-state index < -0.39 is 0 Å². The standard InChI is InChI=1S/C46H25N3S/c1-2-11-28-25-29(20-19-26(28)9-1)44-46(47-35-22-21-27-10-3-4-12-30(27)45(35)48-44)49-36-17-7-15-33-31-13-5-6-14-32(31)34-16-8-18-38-41(34)43-39(50-38)24-23-37(49)42(43)40(33)36/h1-25H. The van der Waals surface area contributed by atoms with Crippen LogP contribution in [0.4, 0.5) is 0 Å². The third kappa shape index (κ3) is 3.43. The maximum absolute atomic E-state index is 5.57. The zero-order chi connectivity index (χ0) is 32.5. The first-order valence-corrected chi connectivity index (χ1v) is 17.8. The van der Waals surface area contributed by atoms with Gasteiger partial charge in [0.2, 0.25) is 0 Å². The molecule has 12 aromatic rings. The lowest BCUT2D eigenvalue weighted by Gasteiger charge is -2.15. The maximum Gasteiger partial charge on any atom is 0.165 e. The zero-order valence-corrected chi connectivity index (χ0v) is 27.5. The van der Waals surface area contributed by atoms with Crippen molar-refractivity contribution in [3.63, 3.8) is 0 Å². The molecule has 0 saturated carbocycles. The van der Waals surface area contributed by atoms with Gasteiger partial charge in [0.15, 0.2) is 5.82 Å². The number of thiophene rings is 1. The van der Waals surface area contributed by atoms with Crippen LogP contribution in [0.25, 0.3) is 113 Å². The van der Waals surface area contributed by atoms with E-state index in [1.807, 2.05) is 11.3 Å². The molecule has 50 heavy (non-hydrogen) atoms. The molecule has 0 aliphatic heterocycles. The number of hydrogen-bond donors (Lipinski definition) is 0. The minimum atomic E-state index is 0.840. The lowest BCUT2D eigenvalue weighted by atomic mass is 9.95. The molecule has 0 saturated heterocycles. The second-order valence-electron chi connectivity index (χ2n) is 13.3. The molecule has 3 nitrogen and oxygen atoms in total. The Labute approximate surface area is 289 Å². The lowest BCUT2D eigenvalue weighted by Crippen LogP contribution is -2.04. The average Bonchev–Trinajstić information content (AvgIpc) is 3.72. The van der Waals surface area contributed by atoms with Crippen molar-refractivity contribution in [3.05, 3.63) is 152 Å². The highest BCUT2D eigenvalue weighted by atomic mass is 32.1. The summed E-state index contributed by atoms with van der Waals surface area (Å²) in [6, 6.07) is 55.0. The largest absolute Gasteiger partial charge is 0.292 e. The SMILES string of the molecule is c1ccc2cc(-c3nc4c(ccc5ccccc54)nc3-n3c4cccc5c6ccccc6c6cccc7sc8ccc3c(c8c76)c54)ccc2c1. The van der Waals surface area contributed by atoms with Crippen LogP contribution in [-0.4, -0.2) is 14.5 Å². The topological polar surface area (TPSA) is 30.7 Å². The fraction of sp³-hybridized carbons (Fsp3) is 0. The van der Waals surface area contributed by atoms with Crippen molar-refractivity contribution in [1.29, 1.82) is 0 Å². The average molecular weight is 652 g/mol. The number of benzene rings is 8. The summed E-state index contributed by atoms with van der Waals surface area (Å²) < 4.78 is 5.01. The van der Waals surface area contributed by atoms with Crippen molar-refractivity contribution in [2.45, 2.75) is 0 Å². The molecule has 4 heteroatoms. The van der Waals surface area contributed by atoms with E-state index in [0.717, 1.165) is 49.9 Å². The number of nitrogens with zero attached hydrogens (tertiary/aromatic N) is 3. The molecule has 0 spiro atoms. The van der Waals surface area contributed by atoms with Crippen molar-refractivity contribution in [2.24, 2.45) is 0 Å². The number of aromatic nitrogens is 3. The van der Waals surface area contributed by atoms with Gasteiger partial charge in [0, 0.05) is 41.9 Å². The fourth-order valence-electron chi connectivity index (χ4n) is 8.55. The number of hydrogen-bond acceptors (Lipinski definition) is 3. The van der Waals surface area contributed by atoms with Crippen LogP contribution in [0, 0.1) is 0 Å². The van der Waals surface area contributed by atoms with E-state index in [4.69, 9.17) is 9.97 Å². The van der Waals surface area contributed by atoms with Crippen molar-refractivity contribution in [3.8, 4) is 17.1 Å². The van der Waals surface area contributed by atoms with E-state index in [2.05, 4.69) is 156 Å². The molecular weight excluding hydrogens is 627 g/mol. The number of rotatable bonds is 2. The molecule has 0 unspecified atom stereocenters. The van der Waals surface area contributed by atoms with Crippen molar-refractivity contribution < 1.29 is 0 Å². The van der Waals surface area contributed by atoms with Crippen LogP contribution in [0.15, 0.2) is 152 Å². The Bertz CT molecular complexity index is 3390. The van der Waals surface area contributed by atoms with Crippen LogP contribution < -0.4 is 0 Å². The minimum Gasteiger partial charge on any atom is -0.292 e. The summed E-state index contributed by atoms with van der Waals surface area (Å²) in [6.07, 6.45) is 0. The predicted molar refractivity (Wildman–Crippen MR) is 213 cm³/mol. The summed E-state index contributed by atoms with van der Waals surface area (Å²) in [5.74, 6) is 0.840. The summed E-state index contributed by atoms with van der Waals surface area (Å²) in [4.78, 5) is 11.1. The van der Waals surface area contributed by atoms with Gasteiger partial charge in [-0.15, -0.1) is 11.3 Å². The molecule has 0 bridgehead atoms. The first-order chi connectivity index (χ1) is 24.8. The van der Waals surface area contributed by atoms with Gasteiger partial charge in [0.05, 0.1) is 22.1 Å². The van der Waals surface area contributed by atoms with E-state index >= 15 is 0 Å².